The Balaban J connectivity index is 0.000000739. The second-order valence-corrected chi connectivity index (χ2v) is 13.6. The zero-order chi connectivity index (χ0) is 24.6. The smallest absolute Gasteiger partial charge is 0.390 e. The Morgan fingerprint density at radius 2 is 1.44 bits per heavy atom. The third kappa shape index (κ3) is 14.2. The molecule has 32 heavy (non-hydrogen) atoms. The minimum absolute atomic E-state index is 0.0564. The van der Waals surface area contributed by atoms with E-state index in [-0.39, 0.29) is 12.6 Å². The number of aromatic nitrogens is 2. The van der Waals surface area contributed by atoms with E-state index in [0.717, 1.165) is 23.7 Å². The first-order valence-corrected chi connectivity index (χ1v) is 17.5. The molecular weight excluding hydrogens is 728 g/mol. The fraction of sp³-hybridized carbons (Fsp3) is 0.786. The molecule has 1 rings (SSSR count). The molecular formula is C14H29Br4N7O5P2. The molecule has 12 nitrogen and oxygen atoms in total. The quantitative estimate of drug-likeness (QED) is 0.0851. The van der Waals surface area contributed by atoms with Crippen LogP contribution in [0, 0.1) is 10.1 Å². The molecule has 0 saturated heterocycles. The molecule has 1 aromatic rings. The van der Waals surface area contributed by atoms with E-state index in [9.17, 15) is 19.2 Å². The van der Waals surface area contributed by atoms with Gasteiger partial charge in [0.1, 0.15) is 18.5 Å². The minimum Gasteiger partial charge on any atom is -0.390 e. The van der Waals surface area contributed by atoms with E-state index in [1.54, 1.807) is 6.66 Å². The second kappa shape index (κ2) is 18.1. The Kier molecular flexibility index (Phi) is 18.6. The number of alkyl halides is 4. The maximum absolute atomic E-state index is 12.5. The molecule has 0 spiro atoms. The van der Waals surface area contributed by atoms with Crippen molar-refractivity contribution in [1.29, 1.82) is 0 Å². The first-order valence-electron chi connectivity index (χ1n) is 9.27. The van der Waals surface area contributed by atoms with Crippen LogP contribution in [0.5, 0.6) is 0 Å². The van der Waals surface area contributed by atoms with Gasteiger partial charge in [0.15, 0.2) is 0 Å². The van der Waals surface area contributed by atoms with Gasteiger partial charge in [0.25, 0.3) is 0 Å². The molecule has 0 saturated carbocycles. The van der Waals surface area contributed by atoms with Gasteiger partial charge in [-0.1, -0.05) is 68.7 Å². The fourth-order valence-corrected chi connectivity index (χ4v) is 6.62. The zero-order valence-electron chi connectivity index (χ0n) is 17.7. The molecule has 0 aliphatic rings. The van der Waals surface area contributed by atoms with Crippen molar-refractivity contribution in [3.63, 3.8) is 0 Å². The lowest BCUT2D eigenvalue weighted by atomic mass is 10.5. The summed E-state index contributed by atoms with van der Waals surface area (Å²) in [5.74, 6) is -0.287. The largest absolute Gasteiger partial charge is 0.434 e. The van der Waals surface area contributed by atoms with Crippen molar-refractivity contribution in [1.82, 2.24) is 29.9 Å². The van der Waals surface area contributed by atoms with Gasteiger partial charge in [-0.2, -0.15) is 0 Å². The fourth-order valence-electron chi connectivity index (χ4n) is 1.99. The molecule has 0 atom stereocenters. The molecule has 0 bridgehead atoms. The highest BCUT2D eigenvalue weighted by molar-refractivity contribution is 9.09. The molecule has 0 aliphatic heterocycles. The topological polar surface area (TPSA) is 152 Å². The summed E-state index contributed by atoms with van der Waals surface area (Å²) in [6.07, 6.45) is 1.33. The van der Waals surface area contributed by atoms with Crippen molar-refractivity contribution in [2.24, 2.45) is 7.05 Å². The number of halogens is 4. The van der Waals surface area contributed by atoms with Crippen LogP contribution in [0.1, 0.15) is 5.69 Å². The van der Waals surface area contributed by atoms with Crippen molar-refractivity contribution < 1.29 is 18.6 Å². The highest BCUT2D eigenvalue weighted by Crippen LogP contribution is 2.38. The summed E-state index contributed by atoms with van der Waals surface area (Å²) in [4.78, 5) is 13.8. The van der Waals surface area contributed by atoms with Crippen LogP contribution in [0.25, 0.3) is 0 Å². The average molecular weight is 757 g/mol. The van der Waals surface area contributed by atoms with Gasteiger partial charge in [-0.15, -0.1) is 0 Å². The van der Waals surface area contributed by atoms with Gasteiger partial charge >= 0.3 is 13.6 Å². The number of rotatable bonds is 16. The van der Waals surface area contributed by atoms with Gasteiger partial charge in [-0.25, -0.2) is 14.7 Å². The van der Waals surface area contributed by atoms with Gasteiger partial charge in [0, 0.05) is 54.2 Å². The maximum Gasteiger partial charge on any atom is 0.434 e. The van der Waals surface area contributed by atoms with Gasteiger partial charge < -0.3 is 10.1 Å². The summed E-state index contributed by atoms with van der Waals surface area (Å²) in [6.45, 7) is 4.00. The van der Waals surface area contributed by atoms with Crippen LogP contribution < -0.4 is 20.3 Å². The van der Waals surface area contributed by atoms with E-state index in [1.165, 1.54) is 17.8 Å². The molecule has 0 aromatic carbocycles. The van der Waals surface area contributed by atoms with Crippen LogP contribution in [0.15, 0.2) is 6.20 Å². The molecule has 18 heteroatoms. The molecule has 1 aromatic heterocycles. The lowest BCUT2D eigenvalue weighted by molar-refractivity contribution is -0.396. The highest BCUT2D eigenvalue weighted by Gasteiger charge is 2.24. The number of nitrogens with one attached hydrogen (secondary N) is 4. The predicted molar refractivity (Wildman–Crippen MR) is 143 cm³/mol. The molecule has 4 N–H and O–H groups in total. The van der Waals surface area contributed by atoms with E-state index >= 15 is 0 Å². The molecule has 1 heterocycles. The van der Waals surface area contributed by atoms with Crippen molar-refractivity contribution >= 4 is 84.8 Å². The zero-order valence-corrected chi connectivity index (χ0v) is 25.9. The third-order valence-electron chi connectivity index (χ3n) is 3.46. The first-order chi connectivity index (χ1) is 15.1. The molecule has 0 amide bonds. The normalized spacial score (nSPS) is 11.8. The van der Waals surface area contributed by atoms with Crippen molar-refractivity contribution in [3.8, 4) is 0 Å². The van der Waals surface area contributed by atoms with Crippen molar-refractivity contribution in [2.45, 2.75) is 6.61 Å². The second-order valence-electron chi connectivity index (χ2n) is 6.00. The van der Waals surface area contributed by atoms with Gasteiger partial charge in [0.2, 0.25) is 7.44 Å². The average Bonchev–Trinajstić information content (AvgIpc) is 3.13. The summed E-state index contributed by atoms with van der Waals surface area (Å²) in [5.41, 5.74) is 0.461. The van der Waals surface area contributed by atoms with E-state index in [1.807, 2.05) is 0 Å². The van der Waals surface area contributed by atoms with Crippen molar-refractivity contribution in [3.05, 3.63) is 22.0 Å². The minimum atomic E-state index is -3.22. The van der Waals surface area contributed by atoms with Crippen LogP contribution >= 0.6 is 78.8 Å². The first kappa shape index (κ1) is 32.8. The maximum atomic E-state index is 12.5. The molecule has 0 aliphatic carbocycles. The third-order valence-corrected chi connectivity index (χ3v) is 8.47. The monoisotopic (exact) mass is 753 g/mol. The van der Waals surface area contributed by atoms with Gasteiger partial charge in [0.05, 0.1) is 7.05 Å². The summed E-state index contributed by atoms with van der Waals surface area (Å²) in [7, 11) is -4.00. The highest BCUT2D eigenvalue weighted by atomic mass is 79.9. The van der Waals surface area contributed by atoms with Crippen LogP contribution in [-0.2, 0) is 27.3 Å². The number of imidazole rings is 1. The Morgan fingerprint density at radius 3 is 1.81 bits per heavy atom. The number of nitro groups is 1. The number of hydrogen-bond acceptors (Lipinski definition) is 6. The summed E-state index contributed by atoms with van der Waals surface area (Å²) >= 11 is 13.0. The van der Waals surface area contributed by atoms with Gasteiger partial charge in [-0.3, -0.25) is 23.8 Å². The molecule has 0 fully saturated rings. The predicted octanol–water partition coefficient (Wildman–Crippen LogP) is 3.70. The summed E-state index contributed by atoms with van der Waals surface area (Å²) in [6, 6.07) is 0. The van der Waals surface area contributed by atoms with Gasteiger partial charge in [-0.05, 0) is 4.92 Å². The lowest BCUT2D eigenvalue weighted by Gasteiger charge is -2.19. The van der Waals surface area contributed by atoms with Crippen LogP contribution in [-0.4, -0.2) is 68.6 Å². The van der Waals surface area contributed by atoms with Crippen LogP contribution in [0.2, 0.25) is 0 Å². The van der Waals surface area contributed by atoms with E-state index < -0.39 is 20.0 Å². The van der Waals surface area contributed by atoms with Crippen LogP contribution in [0.3, 0.4) is 0 Å². The summed E-state index contributed by atoms with van der Waals surface area (Å²) < 4.78 is 30.7. The Hall–Kier alpha value is 0.790. The Bertz CT molecular complexity index is 750. The number of hydrogen-bond donors (Lipinski definition) is 4. The number of nitrogens with zero attached hydrogens (tertiary/aromatic N) is 3. The van der Waals surface area contributed by atoms with E-state index in [0.29, 0.717) is 29.4 Å². The van der Waals surface area contributed by atoms with Crippen LogP contribution in [0.4, 0.5) is 5.95 Å². The Morgan fingerprint density at radius 1 is 1.00 bits per heavy atom. The van der Waals surface area contributed by atoms with Crippen molar-refractivity contribution in [2.75, 3.05) is 54.2 Å². The molecule has 188 valence electrons. The summed E-state index contributed by atoms with van der Waals surface area (Å²) in [5, 5.41) is 25.0. The molecule has 0 unspecified atom stereocenters. The SMILES string of the molecule is CP(=O)(NCCBr)NCCBr.Cn1c(COP(=O)(NCCBr)NCCBr)cnc1[N+](=O)[O-]. The van der Waals surface area contributed by atoms with E-state index in [2.05, 4.69) is 89.1 Å². The Labute approximate surface area is 221 Å². The lowest BCUT2D eigenvalue weighted by Crippen LogP contribution is -2.27. The standard InChI is InChI=1S/C9H16Br2N5O4P.C5H13Br2N2OP/c1-15-8(6-12-9(15)16(17)18)7-20-21(19,13-4-2-10)14-5-3-11;1-11(10,8-4-2-6)9-5-3-7/h6H,2-5,7H2,1H3,(H2,13,14,19);2-5H2,1H3,(H2,8,9,10). The molecule has 0 radical (unpaired) electrons. The van der Waals surface area contributed by atoms with E-state index in [4.69, 9.17) is 4.52 Å².